The molecule has 26 heavy (non-hydrogen) atoms. The van der Waals surface area contributed by atoms with Crippen LogP contribution in [0.1, 0.15) is 52.1 Å². The van der Waals surface area contributed by atoms with E-state index in [0.29, 0.717) is 6.42 Å². The summed E-state index contributed by atoms with van der Waals surface area (Å²) < 4.78 is 9.90. The highest BCUT2D eigenvalue weighted by Crippen LogP contribution is 2.17. The molecule has 0 saturated heterocycles. The average Bonchev–Trinajstić information content (AvgIpc) is 2.58. The summed E-state index contributed by atoms with van der Waals surface area (Å²) in [4.78, 5) is 36.2. The molecule has 0 fully saturated rings. The molecule has 2 amide bonds. The largest absolute Gasteiger partial charge is 0.469 e. The van der Waals surface area contributed by atoms with Crippen LogP contribution in [0.4, 0.5) is 4.79 Å². The quantitative estimate of drug-likeness (QED) is 0.726. The number of alkyl carbamates (subject to hydrolysis) is 1. The molecule has 0 bridgehead atoms. The first kappa shape index (κ1) is 21.5. The predicted octanol–water partition coefficient (Wildman–Crippen LogP) is 2.71. The molecule has 2 atom stereocenters. The maximum Gasteiger partial charge on any atom is 0.408 e. The maximum absolute atomic E-state index is 12.6. The number of methoxy groups -OCH3 is 1. The van der Waals surface area contributed by atoms with Gasteiger partial charge in [0, 0.05) is 0 Å². The Kier molecular flexibility index (Phi) is 8.09. The smallest absolute Gasteiger partial charge is 0.408 e. The van der Waals surface area contributed by atoms with E-state index >= 15 is 0 Å². The minimum Gasteiger partial charge on any atom is -0.469 e. The Balaban J connectivity index is 2.82. The Morgan fingerprint density at radius 3 is 2.19 bits per heavy atom. The normalized spacial score (nSPS) is 13.3. The molecule has 2 N–H and O–H groups in total. The molecule has 2 unspecified atom stereocenters. The Labute approximate surface area is 154 Å². The SMILES string of the molecule is CCC(NC(=O)OC(C)(C)C)C(=O)NC(CC(=O)OC)c1ccccc1. The van der Waals surface area contributed by atoms with Crippen LogP contribution in [0.2, 0.25) is 0 Å². The summed E-state index contributed by atoms with van der Waals surface area (Å²) in [7, 11) is 1.30. The number of nitrogens with one attached hydrogen (secondary N) is 2. The lowest BCUT2D eigenvalue weighted by Gasteiger charge is -2.25. The van der Waals surface area contributed by atoms with E-state index in [0.717, 1.165) is 5.56 Å². The molecular formula is C19H28N2O5. The lowest BCUT2D eigenvalue weighted by Crippen LogP contribution is -2.48. The minimum atomic E-state index is -0.770. The van der Waals surface area contributed by atoms with E-state index in [-0.39, 0.29) is 6.42 Å². The average molecular weight is 364 g/mol. The van der Waals surface area contributed by atoms with Crippen molar-refractivity contribution in [1.29, 1.82) is 0 Å². The Bertz CT molecular complexity index is 610. The highest BCUT2D eigenvalue weighted by atomic mass is 16.6. The van der Waals surface area contributed by atoms with E-state index in [2.05, 4.69) is 10.6 Å². The van der Waals surface area contributed by atoms with Gasteiger partial charge < -0.3 is 20.1 Å². The fourth-order valence-corrected chi connectivity index (χ4v) is 2.26. The molecule has 7 nitrogen and oxygen atoms in total. The molecule has 1 rings (SSSR count). The molecule has 144 valence electrons. The van der Waals surface area contributed by atoms with E-state index in [1.165, 1.54) is 7.11 Å². The summed E-state index contributed by atoms with van der Waals surface area (Å²) in [5, 5.41) is 5.37. The molecule has 0 aliphatic carbocycles. The van der Waals surface area contributed by atoms with Gasteiger partial charge in [-0.15, -0.1) is 0 Å². The van der Waals surface area contributed by atoms with Gasteiger partial charge in [0.05, 0.1) is 19.6 Å². The van der Waals surface area contributed by atoms with Crippen molar-refractivity contribution in [2.24, 2.45) is 0 Å². The molecule has 0 heterocycles. The lowest BCUT2D eigenvalue weighted by molar-refractivity contribution is -0.141. The molecule has 0 spiro atoms. The summed E-state index contributed by atoms with van der Waals surface area (Å²) in [5.41, 5.74) is 0.120. The van der Waals surface area contributed by atoms with Gasteiger partial charge in [-0.2, -0.15) is 0 Å². The zero-order valence-electron chi connectivity index (χ0n) is 16.0. The third-order valence-corrected chi connectivity index (χ3v) is 3.53. The lowest BCUT2D eigenvalue weighted by atomic mass is 10.0. The van der Waals surface area contributed by atoms with E-state index in [9.17, 15) is 14.4 Å². The van der Waals surface area contributed by atoms with Crippen molar-refractivity contribution in [3.05, 3.63) is 35.9 Å². The standard InChI is InChI=1S/C19H28N2O5/c1-6-14(21-18(24)26-19(2,3)4)17(23)20-15(12-16(22)25-5)13-10-8-7-9-11-13/h7-11,14-15H,6,12H2,1-5H3,(H,20,23)(H,21,24). The molecular weight excluding hydrogens is 336 g/mol. The van der Waals surface area contributed by atoms with Gasteiger partial charge in [-0.05, 0) is 32.8 Å². The van der Waals surface area contributed by atoms with Crippen LogP contribution >= 0.6 is 0 Å². The number of carbonyl (C=O) groups is 3. The highest BCUT2D eigenvalue weighted by molar-refractivity contribution is 5.86. The van der Waals surface area contributed by atoms with Gasteiger partial charge >= 0.3 is 12.1 Å². The van der Waals surface area contributed by atoms with Crippen LogP contribution in [0.3, 0.4) is 0 Å². The third kappa shape index (κ3) is 7.55. The molecule has 0 radical (unpaired) electrons. The first-order valence-corrected chi connectivity index (χ1v) is 8.58. The van der Waals surface area contributed by atoms with Crippen LogP contribution in [0.5, 0.6) is 0 Å². The number of benzene rings is 1. The van der Waals surface area contributed by atoms with Crippen LogP contribution < -0.4 is 10.6 Å². The summed E-state index contributed by atoms with van der Waals surface area (Å²) in [6.45, 7) is 7.01. The van der Waals surface area contributed by atoms with E-state index in [4.69, 9.17) is 9.47 Å². The molecule has 1 aromatic carbocycles. The zero-order valence-corrected chi connectivity index (χ0v) is 16.0. The number of ether oxygens (including phenoxy) is 2. The number of hydrogen-bond acceptors (Lipinski definition) is 5. The van der Waals surface area contributed by atoms with Gasteiger partial charge in [-0.1, -0.05) is 37.3 Å². The molecule has 0 aromatic heterocycles. The van der Waals surface area contributed by atoms with Crippen molar-refractivity contribution in [2.75, 3.05) is 7.11 Å². The third-order valence-electron chi connectivity index (χ3n) is 3.53. The van der Waals surface area contributed by atoms with Crippen LogP contribution in [0.15, 0.2) is 30.3 Å². The summed E-state index contributed by atoms with van der Waals surface area (Å²) >= 11 is 0. The fourth-order valence-electron chi connectivity index (χ4n) is 2.26. The zero-order chi connectivity index (χ0) is 19.7. The Hall–Kier alpha value is -2.57. The van der Waals surface area contributed by atoms with Gasteiger partial charge in [0.1, 0.15) is 11.6 Å². The topological polar surface area (TPSA) is 93.7 Å². The van der Waals surface area contributed by atoms with Crippen molar-refractivity contribution in [3.63, 3.8) is 0 Å². The van der Waals surface area contributed by atoms with Gasteiger partial charge in [-0.3, -0.25) is 9.59 Å². The maximum atomic E-state index is 12.6. The first-order chi connectivity index (χ1) is 12.2. The Morgan fingerprint density at radius 1 is 1.08 bits per heavy atom. The second-order valence-corrected chi connectivity index (χ2v) is 6.86. The van der Waals surface area contributed by atoms with Crippen LogP contribution in [0, 0.1) is 0 Å². The predicted molar refractivity (Wildman–Crippen MR) is 97.4 cm³/mol. The summed E-state index contributed by atoms with van der Waals surface area (Å²) in [6, 6.07) is 7.80. The monoisotopic (exact) mass is 364 g/mol. The molecule has 0 aliphatic rings. The number of esters is 1. The van der Waals surface area contributed by atoms with Crippen molar-refractivity contribution < 1.29 is 23.9 Å². The van der Waals surface area contributed by atoms with Crippen LogP contribution in [-0.4, -0.2) is 36.7 Å². The first-order valence-electron chi connectivity index (χ1n) is 8.58. The molecule has 0 saturated carbocycles. The summed E-state index contributed by atoms with van der Waals surface area (Å²) in [6.07, 6.45) is -0.288. The second kappa shape index (κ2) is 9.79. The van der Waals surface area contributed by atoms with Gasteiger partial charge in [0.2, 0.25) is 5.91 Å². The highest BCUT2D eigenvalue weighted by Gasteiger charge is 2.26. The fraction of sp³-hybridized carbons (Fsp3) is 0.526. The van der Waals surface area contributed by atoms with Gasteiger partial charge in [0.15, 0.2) is 0 Å². The van der Waals surface area contributed by atoms with Crippen molar-refractivity contribution in [1.82, 2.24) is 10.6 Å². The number of amides is 2. The van der Waals surface area contributed by atoms with Crippen molar-refractivity contribution in [2.45, 2.75) is 58.2 Å². The van der Waals surface area contributed by atoms with E-state index in [1.54, 1.807) is 27.7 Å². The van der Waals surface area contributed by atoms with Crippen LogP contribution in [-0.2, 0) is 19.1 Å². The Morgan fingerprint density at radius 2 is 1.69 bits per heavy atom. The second-order valence-electron chi connectivity index (χ2n) is 6.86. The van der Waals surface area contributed by atoms with E-state index < -0.39 is 35.7 Å². The number of rotatable bonds is 7. The van der Waals surface area contributed by atoms with Crippen molar-refractivity contribution in [3.8, 4) is 0 Å². The van der Waals surface area contributed by atoms with Crippen molar-refractivity contribution >= 4 is 18.0 Å². The van der Waals surface area contributed by atoms with Crippen LogP contribution in [0.25, 0.3) is 0 Å². The van der Waals surface area contributed by atoms with Gasteiger partial charge in [0.25, 0.3) is 0 Å². The minimum absolute atomic E-state index is 0.00484. The number of carbonyl (C=O) groups excluding carboxylic acids is 3. The summed E-state index contributed by atoms with van der Waals surface area (Å²) in [5.74, 6) is -0.830. The molecule has 7 heteroatoms. The van der Waals surface area contributed by atoms with E-state index in [1.807, 2.05) is 30.3 Å². The molecule has 1 aromatic rings. The molecule has 0 aliphatic heterocycles. The van der Waals surface area contributed by atoms with Gasteiger partial charge in [-0.25, -0.2) is 4.79 Å². The number of hydrogen-bond donors (Lipinski definition) is 2.